The average molecular weight is 235 g/mol. The van der Waals surface area contributed by atoms with Crippen molar-refractivity contribution in [3.8, 4) is 0 Å². The van der Waals surface area contributed by atoms with Crippen LogP contribution in [0.1, 0.15) is 11.3 Å². The minimum absolute atomic E-state index is 0.0679. The summed E-state index contributed by atoms with van der Waals surface area (Å²) in [6.07, 6.45) is 0. The van der Waals surface area contributed by atoms with E-state index in [0.29, 0.717) is 5.69 Å². The summed E-state index contributed by atoms with van der Waals surface area (Å²) in [7, 11) is 1.97. The summed E-state index contributed by atoms with van der Waals surface area (Å²) in [5.41, 5.74) is 1.85. The summed E-state index contributed by atoms with van der Waals surface area (Å²) in [6.45, 7) is 0.748. The number of rotatable bonds is 4. The summed E-state index contributed by atoms with van der Waals surface area (Å²) >= 11 is 1.69. The maximum atomic E-state index is 8.86. The van der Waals surface area contributed by atoms with Gasteiger partial charge in [-0.15, -0.1) is 5.10 Å². The molecular formula is C11H13N3OS. The number of aliphatic hydroxyl groups excluding tert-OH is 1. The number of aliphatic hydroxyl groups is 1. The lowest BCUT2D eigenvalue weighted by Gasteiger charge is -2.16. The van der Waals surface area contributed by atoms with E-state index in [0.717, 1.165) is 12.4 Å². The van der Waals surface area contributed by atoms with E-state index in [4.69, 9.17) is 5.11 Å². The molecule has 0 spiro atoms. The second-order valence-corrected chi connectivity index (χ2v) is 4.31. The van der Waals surface area contributed by atoms with Crippen LogP contribution in [-0.4, -0.2) is 22.4 Å². The van der Waals surface area contributed by atoms with Crippen LogP contribution in [0.2, 0.25) is 0 Å². The average Bonchev–Trinajstić information content (AvgIpc) is 2.82. The third-order valence-corrected chi connectivity index (χ3v) is 2.99. The molecule has 2 aromatic rings. The predicted octanol–water partition coefficient (Wildman–Crippen LogP) is 1.67. The molecule has 0 radical (unpaired) electrons. The van der Waals surface area contributed by atoms with E-state index in [1.54, 1.807) is 17.4 Å². The van der Waals surface area contributed by atoms with Gasteiger partial charge in [0.15, 0.2) is 5.82 Å². The van der Waals surface area contributed by atoms with E-state index < -0.39 is 0 Å². The van der Waals surface area contributed by atoms with Gasteiger partial charge in [0.2, 0.25) is 0 Å². The van der Waals surface area contributed by atoms with Gasteiger partial charge in [-0.3, -0.25) is 0 Å². The van der Waals surface area contributed by atoms with Gasteiger partial charge in [-0.1, -0.05) is 0 Å². The van der Waals surface area contributed by atoms with Crippen LogP contribution in [-0.2, 0) is 13.2 Å². The van der Waals surface area contributed by atoms with Gasteiger partial charge in [-0.2, -0.15) is 16.4 Å². The van der Waals surface area contributed by atoms with E-state index >= 15 is 0 Å². The minimum atomic E-state index is -0.0679. The first-order valence-electron chi connectivity index (χ1n) is 4.95. The van der Waals surface area contributed by atoms with Crippen molar-refractivity contribution in [1.82, 2.24) is 10.2 Å². The lowest BCUT2D eigenvalue weighted by Crippen LogP contribution is -2.17. The Labute approximate surface area is 98.2 Å². The Hall–Kier alpha value is -1.46. The fourth-order valence-electron chi connectivity index (χ4n) is 1.38. The van der Waals surface area contributed by atoms with Crippen LogP contribution in [0, 0.1) is 0 Å². The molecule has 0 aliphatic rings. The Bertz CT molecular complexity index is 427. The molecule has 4 nitrogen and oxygen atoms in total. The van der Waals surface area contributed by atoms with Crippen molar-refractivity contribution >= 4 is 17.2 Å². The number of aromatic nitrogens is 2. The number of hydrogen-bond donors (Lipinski definition) is 1. The van der Waals surface area contributed by atoms with E-state index in [1.807, 2.05) is 18.0 Å². The van der Waals surface area contributed by atoms with E-state index in [1.165, 1.54) is 5.56 Å². The van der Waals surface area contributed by atoms with E-state index in [9.17, 15) is 0 Å². The summed E-state index contributed by atoms with van der Waals surface area (Å²) in [6, 6.07) is 5.74. The van der Waals surface area contributed by atoms with Crippen molar-refractivity contribution in [1.29, 1.82) is 0 Å². The quantitative estimate of drug-likeness (QED) is 0.875. The summed E-state index contributed by atoms with van der Waals surface area (Å²) in [4.78, 5) is 2.02. The van der Waals surface area contributed by atoms with E-state index in [-0.39, 0.29) is 6.61 Å². The van der Waals surface area contributed by atoms with Gasteiger partial charge in [0.25, 0.3) is 0 Å². The van der Waals surface area contributed by atoms with Crippen LogP contribution < -0.4 is 4.90 Å². The van der Waals surface area contributed by atoms with Gasteiger partial charge in [0, 0.05) is 13.6 Å². The van der Waals surface area contributed by atoms with Crippen LogP contribution in [0.5, 0.6) is 0 Å². The largest absolute Gasteiger partial charge is 0.390 e. The fraction of sp³-hybridized carbons (Fsp3) is 0.273. The highest BCUT2D eigenvalue weighted by Crippen LogP contribution is 2.13. The Morgan fingerprint density at radius 2 is 2.19 bits per heavy atom. The van der Waals surface area contributed by atoms with Crippen molar-refractivity contribution in [2.45, 2.75) is 13.2 Å². The van der Waals surface area contributed by atoms with Crippen molar-refractivity contribution in [3.63, 3.8) is 0 Å². The van der Waals surface area contributed by atoms with E-state index in [2.05, 4.69) is 27.0 Å². The summed E-state index contributed by atoms with van der Waals surface area (Å²) < 4.78 is 0. The van der Waals surface area contributed by atoms with Crippen LogP contribution in [0.15, 0.2) is 29.0 Å². The van der Waals surface area contributed by atoms with Crippen LogP contribution in [0.3, 0.4) is 0 Å². The molecule has 1 N–H and O–H groups in total. The lowest BCUT2D eigenvalue weighted by atomic mass is 10.3. The first kappa shape index (κ1) is 11.0. The molecule has 84 valence electrons. The molecule has 0 fully saturated rings. The maximum Gasteiger partial charge on any atom is 0.151 e. The SMILES string of the molecule is CN(Cc1ccsc1)c1ccc(CO)nn1. The maximum absolute atomic E-state index is 8.86. The topological polar surface area (TPSA) is 49.2 Å². The monoisotopic (exact) mass is 235 g/mol. The normalized spacial score (nSPS) is 10.4. The molecule has 0 aromatic carbocycles. The molecule has 2 rings (SSSR count). The third kappa shape index (κ3) is 2.56. The van der Waals surface area contributed by atoms with Gasteiger partial charge in [-0.25, -0.2) is 0 Å². The molecule has 0 aliphatic carbocycles. The van der Waals surface area contributed by atoms with Gasteiger partial charge in [0.05, 0.1) is 12.3 Å². The molecule has 0 unspecified atom stereocenters. The number of nitrogens with zero attached hydrogens (tertiary/aromatic N) is 3. The first-order valence-corrected chi connectivity index (χ1v) is 5.89. The van der Waals surface area contributed by atoms with Crippen molar-refractivity contribution in [2.24, 2.45) is 0 Å². The second kappa shape index (κ2) is 5.05. The number of thiophene rings is 1. The predicted molar refractivity (Wildman–Crippen MR) is 64.4 cm³/mol. The molecule has 0 bridgehead atoms. The summed E-state index contributed by atoms with van der Waals surface area (Å²) in [5.74, 6) is 0.809. The lowest BCUT2D eigenvalue weighted by molar-refractivity contribution is 0.275. The second-order valence-electron chi connectivity index (χ2n) is 3.53. The van der Waals surface area contributed by atoms with Crippen LogP contribution in [0.4, 0.5) is 5.82 Å². The fourth-order valence-corrected chi connectivity index (χ4v) is 2.04. The van der Waals surface area contributed by atoms with Crippen molar-refractivity contribution in [3.05, 3.63) is 40.2 Å². The highest BCUT2D eigenvalue weighted by atomic mass is 32.1. The molecule has 0 saturated heterocycles. The third-order valence-electron chi connectivity index (χ3n) is 2.26. The molecule has 0 amide bonds. The Kier molecular flexibility index (Phi) is 3.48. The molecule has 2 aromatic heterocycles. The Morgan fingerprint density at radius 1 is 1.31 bits per heavy atom. The Balaban J connectivity index is 2.05. The molecule has 2 heterocycles. The number of hydrogen-bond acceptors (Lipinski definition) is 5. The van der Waals surface area contributed by atoms with Crippen molar-refractivity contribution < 1.29 is 5.11 Å². The number of anilines is 1. The molecule has 0 aliphatic heterocycles. The molecule has 0 atom stereocenters. The zero-order chi connectivity index (χ0) is 11.4. The molecule has 0 saturated carbocycles. The zero-order valence-corrected chi connectivity index (χ0v) is 9.81. The van der Waals surface area contributed by atoms with Crippen LogP contribution in [0.25, 0.3) is 0 Å². The van der Waals surface area contributed by atoms with Gasteiger partial charge >= 0.3 is 0 Å². The smallest absolute Gasteiger partial charge is 0.151 e. The molecule has 5 heteroatoms. The van der Waals surface area contributed by atoms with Gasteiger partial charge in [0.1, 0.15) is 0 Å². The zero-order valence-electron chi connectivity index (χ0n) is 9.00. The molecular weight excluding hydrogens is 222 g/mol. The van der Waals surface area contributed by atoms with Crippen molar-refractivity contribution in [2.75, 3.05) is 11.9 Å². The summed E-state index contributed by atoms with van der Waals surface area (Å²) in [5, 5.41) is 21.0. The van der Waals surface area contributed by atoms with Gasteiger partial charge < -0.3 is 10.0 Å². The standard InChI is InChI=1S/C11H13N3OS/c1-14(6-9-4-5-16-8-9)11-3-2-10(7-15)12-13-11/h2-5,8,15H,6-7H2,1H3. The first-order chi connectivity index (χ1) is 7.79. The Morgan fingerprint density at radius 3 is 2.75 bits per heavy atom. The minimum Gasteiger partial charge on any atom is -0.390 e. The highest BCUT2D eigenvalue weighted by Gasteiger charge is 2.04. The molecule has 16 heavy (non-hydrogen) atoms. The van der Waals surface area contributed by atoms with Gasteiger partial charge in [-0.05, 0) is 34.5 Å². The highest BCUT2D eigenvalue weighted by molar-refractivity contribution is 7.07. The van der Waals surface area contributed by atoms with Crippen LogP contribution >= 0.6 is 11.3 Å².